The third-order valence-corrected chi connectivity index (χ3v) is 3.01. The number of benzene rings is 1. The van der Waals surface area contributed by atoms with Gasteiger partial charge in [0.1, 0.15) is 5.82 Å². The molecule has 94 valence electrons. The van der Waals surface area contributed by atoms with Gasteiger partial charge in [-0.05, 0) is 40.3 Å². The van der Waals surface area contributed by atoms with Crippen molar-refractivity contribution in [2.45, 2.75) is 0 Å². The molecule has 0 fully saturated rings. The molecular formula is C10H11BrClFN2OS. The van der Waals surface area contributed by atoms with E-state index >= 15 is 0 Å². The second-order valence-electron chi connectivity index (χ2n) is 3.12. The van der Waals surface area contributed by atoms with Gasteiger partial charge in [-0.2, -0.15) is 0 Å². The van der Waals surface area contributed by atoms with Crippen LogP contribution in [0.1, 0.15) is 0 Å². The normalized spacial score (nSPS) is 10.1. The SMILES string of the molecule is COCCNC(=S)Nc1c(Cl)cc(F)cc1Br. The van der Waals surface area contributed by atoms with Gasteiger partial charge in [0, 0.05) is 18.1 Å². The Kier molecular flexibility index (Phi) is 6.11. The lowest BCUT2D eigenvalue weighted by molar-refractivity contribution is 0.204. The summed E-state index contributed by atoms with van der Waals surface area (Å²) in [5.41, 5.74) is 0.531. The van der Waals surface area contributed by atoms with Crippen LogP contribution in [0.5, 0.6) is 0 Å². The Morgan fingerprint density at radius 1 is 1.59 bits per heavy atom. The van der Waals surface area contributed by atoms with Crippen LogP contribution in [0.2, 0.25) is 5.02 Å². The molecule has 0 aliphatic rings. The number of methoxy groups -OCH3 is 1. The van der Waals surface area contributed by atoms with Crippen LogP contribution in [-0.2, 0) is 4.74 Å². The van der Waals surface area contributed by atoms with Gasteiger partial charge in [0.25, 0.3) is 0 Å². The van der Waals surface area contributed by atoms with E-state index in [1.54, 1.807) is 7.11 Å². The number of anilines is 1. The predicted octanol–water partition coefficient (Wildman–Crippen LogP) is 3.17. The van der Waals surface area contributed by atoms with Gasteiger partial charge < -0.3 is 15.4 Å². The Hall–Kier alpha value is -0.430. The van der Waals surface area contributed by atoms with E-state index in [4.69, 9.17) is 28.6 Å². The van der Waals surface area contributed by atoms with Crippen LogP contribution in [0.25, 0.3) is 0 Å². The number of hydrogen-bond donors (Lipinski definition) is 2. The first-order chi connectivity index (χ1) is 8.04. The molecule has 0 bridgehead atoms. The average molecular weight is 342 g/mol. The molecule has 0 aliphatic carbocycles. The first-order valence-electron chi connectivity index (χ1n) is 4.73. The summed E-state index contributed by atoms with van der Waals surface area (Å²) in [6.07, 6.45) is 0. The van der Waals surface area contributed by atoms with Crippen molar-refractivity contribution >= 4 is 50.5 Å². The van der Waals surface area contributed by atoms with Crippen molar-refractivity contribution in [1.82, 2.24) is 5.32 Å². The van der Waals surface area contributed by atoms with Crippen LogP contribution in [0.15, 0.2) is 16.6 Å². The van der Waals surface area contributed by atoms with E-state index < -0.39 is 5.82 Å². The fraction of sp³-hybridized carbons (Fsp3) is 0.300. The van der Waals surface area contributed by atoms with Crippen molar-refractivity contribution in [1.29, 1.82) is 0 Å². The average Bonchev–Trinajstić information content (AvgIpc) is 2.24. The van der Waals surface area contributed by atoms with Gasteiger partial charge in [-0.1, -0.05) is 11.6 Å². The lowest BCUT2D eigenvalue weighted by atomic mass is 10.3. The lowest BCUT2D eigenvalue weighted by Gasteiger charge is -2.13. The Balaban J connectivity index is 2.65. The second-order valence-corrected chi connectivity index (χ2v) is 4.79. The maximum Gasteiger partial charge on any atom is 0.170 e. The van der Waals surface area contributed by atoms with Crippen molar-refractivity contribution < 1.29 is 9.13 Å². The van der Waals surface area contributed by atoms with Crippen molar-refractivity contribution in [3.63, 3.8) is 0 Å². The van der Waals surface area contributed by atoms with E-state index in [2.05, 4.69) is 26.6 Å². The fourth-order valence-electron chi connectivity index (χ4n) is 1.09. The van der Waals surface area contributed by atoms with Crippen molar-refractivity contribution in [3.05, 3.63) is 27.4 Å². The Morgan fingerprint density at radius 3 is 2.88 bits per heavy atom. The zero-order chi connectivity index (χ0) is 12.8. The van der Waals surface area contributed by atoms with Crippen LogP contribution in [-0.4, -0.2) is 25.4 Å². The standard InChI is InChI=1S/C10H11BrClFN2OS/c1-16-3-2-14-10(17)15-9-7(11)4-6(13)5-8(9)12/h4-5H,2-3H2,1H3,(H2,14,15,17). The summed E-state index contributed by atoms with van der Waals surface area (Å²) < 4.78 is 18.4. The van der Waals surface area contributed by atoms with Crippen molar-refractivity contribution in [2.24, 2.45) is 0 Å². The molecule has 0 amide bonds. The highest BCUT2D eigenvalue weighted by atomic mass is 79.9. The molecule has 0 heterocycles. The third-order valence-electron chi connectivity index (χ3n) is 1.84. The maximum atomic E-state index is 13.0. The highest BCUT2D eigenvalue weighted by Crippen LogP contribution is 2.31. The van der Waals surface area contributed by atoms with E-state index in [1.165, 1.54) is 12.1 Å². The zero-order valence-electron chi connectivity index (χ0n) is 9.02. The molecule has 2 N–H and O–H groups in total. The summed E-state index contributed by atoms with van der Waals surface area (Å²) in [7, 11) is 1.60. The van der Waals surface area contributed by atoms with E-state index in [0.29, 0.717) is 28.4 Å². The molecule has 0 atom stereocenters. The minimum absolute atomic E-state index is 0.257. The van der Waals surface area contributed by atoms with E-state index in [0.717, 1.165) is 0 Å². The van der Waals surface area contributed by atoms with Crippen LogP contribution in [0.3, 0.4) is 0 Å². The molecule has 1 rings (SSSR count). The molecule has 0 aromatic heterocycles. The summed E-state index contributed by atoms with van der Waals surface area (Å²) >= 11 is 14.2. The van der Waals surface area contributed by atoms with Gasteiger partial charge >= 0.3 is 0 Å². The molecular weight excluding hydrogens is 331 g/mol. The number of thiocarbonyl (C=S) groups is 1. The molecule has 0 radical (unpaired) electrons. The first-order valence-corrected chi connectivity index (χ1v) is 6.31. The monoisotopic (exact) mass is 340 g/mol. The predicted molar refractivity (Wildman–Crippen MR) is 75.2 cm³/mol. The molecule has 0 aliphatic heterocycles. The second kappa shape index (κ2) is 7.10. The largest absolute Gasteiger partial charge is 0.383 e. The van der Waals surface area contributed by atoms with E-state index in [1.807, 2.05) is 0 Å². The number of nitrogens with one attached hydrogen (secondary N) is 2. The molecule has 0 saturated heterocycles. The van der Waals surface area contributed by atoms with Gasteiger partial charge in [-0.15, -0.1) is 0 Å². The molecule has 0 unspecified atom stereocenters. The highest BCUT2D eigenvalue weighted by molar-refractivity contribution is 9.10. The van der Waals surface area contributed by atoms with Crippen LogP contribution in [0.4, 0.5) is 10.1 Å². The molecule has 1 aromatic rings. The van der Waals surface area contributed by atoms with Crippen molar-refractivity contribution in [3.8, 4) is 0 Å². The number of halogens is 3. The Labute approximate surface area is 118 Å². The van der Waals surface area contributed by atoms with E-state index in [-0.39, 0.29) is 5.02 Å². The van der Waals surface area contributed by atoms with Gasteiger partial charge in [0.15, 0.2) is 5.11 Å². The summed E-state index contributed by atoms with van der Waals surface area (Å²) in [6, 6.07) is 2.53. The molecule has 0 saturated carbocycles. The van der Waals surface area contributed by atoms with Crippen molar-refractivity contribution in [2.75, 3.05) is 25.6 Å². The molecule has 17 heavy (non-hydrogen) atoms. The van der Waals surface area contributed by atoms with Crippen LogP contribution >= 0.6 is 39.7 Å². The summed E-state index contributed by atoms with van der Waals surface area (Å²) in [4.78, 5) is 0. The summed E-state index contributed by atoms with van der Waals surface area (Å²) in [6.45, 7) is 1.12. The number of hydrogen-bond acceptors (Lipinski definition) is 2. The third kappa shape index (κ3) is 4.75. The lowest BCUT2D eigenvalue weighted by Crippen LogP contribution is -2.31. The smallest absolute Gasteiger partial charge is 0.170 e. The minimum atomic E-state index is -0.411. The van der Waals surface area contributed by atoms with Gasteiger partial charge in [0.05, 0.1) is 17.3 Å². The number of rotatable bonds is 4. The van der Waals surface area contributed by atoms with Crippen LogP contribution < -0.4 is 10.6 Å². The van der Waals surface area contributed by atoms with Gasteiger partial charge in [-0.25, -0.2) is 4.39 Å². The maximum absolute atomic E-state index is 13.0. The minimum Gasteiger partial charge on any atom is -0.383 e. The molecule has 7 heteroatoms. The number of ether oxygens (including phenoxy) is 1. The molecule has 0 spiro atoms. The quantitative estimate of drug-likeness (QED) is 0.651. The first kappa shape index (κ1) is 14.6. The Bertz CT molecular complexity index is 396. The molecule has 3 nitrogen and oxygen atoms in total. The summed E-state index contributed by atoms with van der Waals surface area (Å²) in [5.74, 6) is -0.411. The fourth-order valence-corrected chi connectivity index (χ4v) is 2.19. The van der Waals surface area contributed by atoms with Crippen LogP contribution in [0, 0.1) is 5.82 Å². The Morgan fingerprint density at radius 2 is 2.29 bits per heavy atom. The topological polar surface area (TPSA) is 33.3 Å². The molecule has 1 aromatic carbocycles. The van der Waals surface area contributed by atoms with Gasteiger partial charge in [0.2, 0.25) is 0 Å². The highest BCUT2D eigenvalue weighted by Gasteiger charge is 2.09. The van der Waals surface area contributed by atoms with Gasteiger partial charge in [-0.3, -0.25) is 0 Å². The van der Waals surface area contributed by atoms with E-state index in [9.17, 15) is 4.39 Å². The zero-order valence-corrected chi connectivity index (χ0v) is 12.2. The summed E-state index contributed by atoms with van der Waals surface area (Å²) in [5, 5.41) is 6.46.